The summed E-state index contributed by atoms with van der Waals surface area (Å²) in [5, 5.41) is 11.0. The number of aliphatic hydroxyl groups excluding tert-OH is 1. The molecule has 1 aromatic heterocycles. The van der Waals surface area contributed by atoms with Crippen LogP contribution in [0.5, 0.6) is 0 Å². The monoisotopic (exact) mass is 287 g/mol. The third-order valence-electron chi connectivity index (χ3n) is 4.54. The number of aliphatic hydroxyl groups is 1. The fourth-order valence-electron chi connectivity index (χ4n) is 3.43. The first kappa shape index (κ1) is 13.8. The van der Waals surface area contributed by atoms with E-state index in [-0.39, 0.29) is 5.41 Å². The lowest BCUT2D eigenvalue weighted by Gasteiger charge is -2.41. The van der Waals surface area contributed by atoms with Crippen LogP contribution in [0.15, 0.2) is 36.4 Å². The number of aryl methyl sites for hydroxylation is 2. The molecule has 3 rings (SSSR count). The van der Waals surface area contributed by atoms with Gasteiger partial charge in [0, 0.05) is 21.7 Å². The normalized spacial score (nSPS) is 23.4. The SMILES string of the molecule is Cc1ccc(C(O)C2(CN)CCCc3ccccc32)s1. The first-order valence-electron chi connectivity index (χ1n) is 7.20. The van der Waals surface area contributed by atoms with Crippen molar-refractivity contribution in [3.63, 3.8) is 0 Å². The van der Waals surface area contributed by atoms with E-state index in [1.165, 1.54) is 16.0 Å². The van der Waals surface area contributed by atoms with Crippen LogP contribution in [0.25, 0.3) is 0 Å². The first-order valence-corrected chi connectivity index (χ1v) is 8.02. The minimum Gasteiger partial charge on any atom is -0.387 e. The molecular weight excluding hydrogens is 266 g/mol. The smallest absolute Gasteiger partial charge is 0.0990 e. The summed E-state index contributed by atoms with van der Waals surface area (Å²) in [5.74, 6) is 0. The van der Waals surface area contributed by atoms with E-state index in [0.29, 0.717) is 6.54 Å². The highest BCUT2D eigenvalue weighted by molar-refractivity contribution is 7.12. The van der Waals surface area contributed by atoms with Gasteiger partial charge < -0.3 is 10.8 Å². The van der Waals surface area contributed by atoms with Gasteiger partial charge in [-0.25, -0.2) is 0 Å². The average Bonchev–Trinajstić information content (AvgIpc) is 2.92. The zero-order chi connectivity index (χ0) is 14.2. The van der Waals surface area contributed by atoms with E-state index in [1.807, 2.05) is 6.07 Å². The Kier molecular flexibility index (Phi) is 3.67. The van der Waals surface area contributed by atoms with Crippen molar-refractivity contribution >= 4 is 11.3 Å². The van der Waals surface area contributed by atoms with Gasteiger partial charge in [0.1, 0.15) is 0 Å². The zero-order valence-corrected chi connectivity index (χ0v) is 12.6. The molecule has 0 aliphatic heterocycles. The average molecular weight is 287 g/mol. The van der Waals surface area contributed by atoms with Gasteiger partial charge in [-0.2, -0.15) is 0 Å². The molecule has 1 aromatic carbocycles. The molecule has 1 aliphatic carbocycles. The van der Waals surface area contributed by atoms with Crippen molar-refractivity contribution in [3.05, 3.63) is 57.3 Å². The molecule has 0 radical (unpaired) electrons. The Labute approximate surface area is 124 Å². The van der Waals surface area contributed by atoms with Gasteiger partial charge >= 0.3 is 0 Å². The molecule has 0 saturated heterocycles. The van der Waals surface area contributed by atoms with E-state index < -0.39 is 6.10 Å². The minimum atomic E-state index is -0.507. The molecule has 106 valence electrons. The van der Waals surface area contributed by atoms with Crippen molar-refractivity contribution in [2.75, 3.05) is 6.54 Å². The lowest BCUT2D eigenvalue weighted by Crippen LogP contribution is -2.43. The van der Waals surface area contributed by atoms with Crippen LogP contribution in [0, 0.1) is 6.92 Å². The molecule has 0 bridgehead atoms. The van der Waals surface area contributed by atoms with E-state index in [1.54, 1.807) is 11.3 Å². The van der Waals surface area contributed by atoms with Crippen LogP contribution in [0.4, 0.5) is 0 Å². The lowest BCUT2D eigenvalue weighted by molar-refractivity contribution is 0.0748. The molecule has 3 heteroatoms. The van der Waals surface area contributed by atoms with Gasteiger partial charge in [-0.1, -0.05) is 24.3 Å². The van der Waals surface area contributed by atoms with Crippen LogP contribution in [-0.2, 0) is 11.8 Å². The zero-order valence-electron chi connectivity index (χ0n) is 11.8. The highest BCUT2D eigenvalue weighted by Gasteiger charge is 2.42. The number of fused-ring (bicyclic) bond motifs is 1. The van der Waals surface area contributed by atoms with Crippen molar-refractivity contribution in [2.45, 2.75) is 37.7 Å². The van der Waals surface area contributed by atoms with E-state index >= 15 is 0 Å². The summed E-state index contributed by atoms with van der Waals surface area (Å²) in [5.41, 5.74) is 8.40. The van der Waals surface area contributed by atoms with Crippen molar-refractivity contribution in [3.8, 4) is 0 Å². The van der Waals surface area contributed by atoms with E-state index in [0.717, 1.165) is 24.1 Å². The Balaban J connectivity index is 2.08. The number of benzene rings is 1. The number of thiophene rings is 1. The quantitative estimate of drug-likeness (QED) is 0.909. The minimum absolute atomic E-state index is 0.327. The standard InChI is InChI=1S/C17H21NOS/c1-12-8-9-15(20-12)16(19)17(11-18)10-4-6-13-5-2-3-7-14(13)17/h2-3,5,7-9,16,19H,4,6,10-11,18H2,1H3. The van der Waals surface area contributed by atoms with Crippen LogP contribution in [-0.4, -0.2) is 11.7 Å². The molecule has 0 saturated carbocycles. The molecule has 2 unspecified atom stereocenters. The molecule has 0 amide bonds. The Morgan fingerprint density at radius 3 is 2.80 bits per heavy atom. The summed E-state index contributed by atoms with van der Waals surface area (Å²) < 4.78 is 0. The second-order valence-electron chi connectivity index (χ2n) is 5.72. The van der Waals surface area contributed by atoms with Crippen LogP contribution < -0.4 is 5.73 Å². The Morgan fingerprint density at radius 2 is 2.10 bits per heavy atom. The van der Waals surface area contributed by atoms with Gasteiger partial charge in [0.2, 0.25) is 0 Å². The predicted molar refractivity (Wildman–Crippen MR) is 84.1 cm³/mol. The number of rotatable bonds is 3. The molecule has 20 heavy (non-hydrogen) atoms. The second kappa shape index (κ2) is 5.32. The molecule has 3 N–H and O–H groups in total. The van der Waals surface area contributed by atoms with Crippen molar-refractivity contribution in [2.24, 2.45) is 5.73 Å². The predicted octanol–water partition coefficient (Wildman–Crippen LogP) is 3.32. The summed E-state index contributed by atoms with van der Waals surface area (Å²) in [7, 11) is 0. The van der Waals surface area contributed by atoms with Gasteiger partial charge in [-0.3, -0.25) is 0 Å². The van der Waals surface area contributed by atoms with Crippen LogP contribution in [0.2, 0.25) is 0 Å². The summed E-state index contributed by atoms with van der Waals surface area (Å²) in [4.78, 5) is 2.26. The third-order valence-corrected chi connectivity index (χ3v) is 5.59. The maximum absolute atomic E-state index is 11.0. The molecule has 1 heterocycles. The largest absolute Gasteiger partial charge is 0.387 e. The summed E-state index contributed by atoms with van der Waals surface area (Å²) in [6.45, 7) is 2.56. The van der Waals surface area contributed by atoms with Gasteiger partial charge in [0.05, 0.1) is 6.10 Å². The van der Waals surface area contributed by atoms with Crippen molar-refractivity contribution < 1.29 is 5.11 Å². The van der Waals surface area contributed by atoms with Gasteiger partial charge in [-0.15, -0.1) is 11.3 Å². The first-order chi connectivity index (χ1) is 9.67. The van der Waals surface area contributed by atoms with E-state index in [2.05, 4.69) is 37.3 Å². The van der Waals surface area contributed by atoms with Crippen molar-refractivity contribution in [1.82, 2.24) is 0 Å². The topological polar surface area (TPSA) is 46.2 Å². The Morgan fingerprint density at radius 1 is 1.30 bits per heavy atom. The lowest BCUT2D eigenvalue weighted by atomic mass is 9.66. The summed E-state index contributed by atoms with van der Waals surface area (Å²) in [6, 6.07) is 12.6. The molecule has 2 nitrogen and oxygen atoms in total. The molecule has 0 spiro atoms. The maximum atomic E-state index is 11.0. The van der Waals surface area contributed by atoms with Crippen molar-refractivity contribution in [1.29, 1.82) is 0 Å². The molecular formula is C17H21NOS. The highest BCUT2D eigenvalue weighted by Crippen LogP contribution is 2.46. The van der Waals surface area contributed by atoms with Crippen LogP contribution in [0.1, 0.15) is 39.8 Å². The van der Waals surface area contributed by atoms with Crippen LogP contribution in [0.3, 0.4) is 0 Å². The number of hydrogen-bond donors (Lipinski definition) is 2. The van der Waals surface area contributed by atoms with Gasteiger partial charge in [-0.05, 0) is 49.4 Å². The Hall–Kier alpha value is -1.16. The fraction of sp³-hybridized carbons (Fsp3) is 0.412. The third kappa shape index (κ3) is 2.10. The van der Waals surface area contributed by atoms with Gasteiger partial charge in [0.25, 0.3) is 0 Å². The molecule has 1 aliphatic rings. The van der Waals surface area contributed by atoms with Gasteiger partial charge in [0.15, 0.2) is 0 Å². The Bertz CT molecular complexity index is 607. The van der Waals surface area contributed by atoms with E-state index in [9.17, 15) is 5.11 Å². The number of hydrogen-bond acceptors (Lipinski definition) is 3. The molecule has 2 atom stereocenters. The number of nitrogens with two attached hydrogens (primary N) is 1. The summed E-state index contributed by atoms with van der Waals surface area (Å²) >= 11 is 1.67. The van der Waals surface area contributed by atoms with Crippen LogP contribution >= 0.6 is 11.3 Å². The molecule has 0 fully saturated rings. The highest BCUT2D eigenvalue weighted by atomic mass is 32.1. The second-order valence-corrected chi connectivity index (χ2v) is 7.04. The van der Waals surface area contributed by atoms with E-state index in [4.69, 9.17) is 5.73 Å². The fourth-order valence-corrected chi connectivity index (χ4v) is 4.41. The maximum Gasteiger partial charge on any atom is 0.0990 e. The molecule has 2 aromatic rings. The summed E-state index contributed by atoms with van der Waals surface area (Å²) in [6.07, 6.45) is 2.63.